The molecule has 2 aromatic carbocycles. The Hall–Kier alpha value is -2.93. The second-order valence-corrected chi connectivity index (χ2v) is 10.9. The van der Waals surface area contributed by atoms with Gasteiger partial charge in [-0.05, 0) is 43.7 Å². The molecular formula is C24H30N4O6S2. The van der Waals surface area contributed by atoms with E-state index in [1.165, 1.54) is 52.0 Å². The number of rotatable bonds is 12. The van der Waals surface area contributed by atoms with Gasteiger partial charge in [0.05, 0.1) is 26.6 Å². The first-order chi connectivity index (χ1) is 17.2. The second kappa shape index (κ2) is 12.3. The maximum absolute atomic E-state index is 13.0. The van der Waals surface area contributed by atoms with Crippen LogP contribution in [0.4, 0.5) is 5.69 Å². The van der Waals surface area contributed by atoms with Gasteiger partial charge in [0.2, 0.25) is 10.0 Å². The van der Waals surface area contributed by atoms with Crippen molar-refractivity contribution in [2.24, 2.45) is 4.99 Å². The van der Waals surface area contributed by atoms with Crippen LogP contribution in [0.15, 0.2) is 52.4 Å². The number of ether oxygens (including phenoxy) is 1. The van der Waals surface area contributed by atoms with Gasteiger partial charge in [-0.3, -0.25) is 14.9 Å². The topological polar surface area (TPSA) is 124 Å². The van der Waals surface area contributed by atoms with Crippen molar-refractivity contribution in [3.05, 3.63) is 62.9 Å². The zero-order chi connectivity index (χ0) is 26.3. The van der Waals surface area contributed by atoms with Gasteiger partial charge in [-0.2, -0.15) is 9.30 Å². The van der Waals surface area contributed by atoms with Gasteiger partial charge < -0.3 is 9.30 Å². The lowest BCUT2D eigenvalue weighted by Crippen LogP contribution is -2.31. The molecule has 0 aliphatic heterocycles. The third-order valence-electron chi connectivity index (χ3n) is 5.59. The molecule has 1 heterocycles. The Bertz CT molecular complexity index is 1390. The van der Waals surface area contributed by atoms with Gasteiger partial charge in [0, 0.05) is 43.9 Å². The molecule has 0 saturated heterocycles. The molecule has 194 valence electrons. The summed E-state index contributed by atoms with van der Waals surface area (Å²) >= 11 is 1.24. The quantitative estimate of drug-likeness (QED) is 0.195. The van der Waals surface area contributed by atoms with E-state index >= 15 is 0 Å². The Morgan fingerprint density at radius 3 is 2.50 bits per heavy atom. The number of aromatic nitrogens is 1. The van der Waals surface area contributed by atoms with Crippen LogP contribution in [-0.2, 0) is 21.3 Å². The molecule has 12 heteroatoms. The molecule has 3 rings (SSSR count). The number of carbonyl (C=O) groups excluding carboxylic acids is 1. The number of benzene rings is 2. The highest BCUT2D eigenvalue weighted by Crippen LogP contribution is 2.23. The predicted molar refractivity (Wildman–Crippen MR) is 139 cm³/mol. The van der Waals surface area contributed by atoms with Gasteiger partial charge >= 0.3 is 0 Å². The van der Waals surface area contributed by atoms with Crippen LogP contribution in [0.1, 0.15) is 44.0 Å². The third-order valence-corrected chi connectivity index (χ3v) is 8.64. The molecule has 0 bridgehead atoms. The van der Waals surface area contributed by atoms with E-state index in [0.29, 0.717) is 43.2 Å². The number of fused-ring (bicyclic) bond motifs is 1. The van der Waals surface area contributed by atoms with Crippen molar-refractivity contribution in [2.75, 3.05) is 26.3 Å². The van der Waals surface area contributed by atoms with Crippen molar-refractivity contribution >= 4 is 43.2 Å². The summed E-state index contributed by atoms with van der Waals surface area (Å²) in [5.74, 6) is -0.538. The number of hydrogen-bond donors (Lipinski definition) is 0. The third kappa shape index (κ3) is 6.25. The average molecular weight is 535 g/mol. The minimum absolute atomic E-state index is 0.0554. The van der Waals surface area contributed by atoms with Crippen molar-refractivity contribution in [3.63, 3.8) is 0 Å². The molecular weight excluding hydrogens is 504 g/mol. The van der Waals surface area contributed by atoms with Crippen molar-refractivity contribution < 1.29 is 22.9 Å². The fourth-order valence-corrected chi connectivity index (χ4v) is 6.15. The standard InChI is InChI=1S/C24H30N4O6S2/c1-4-7-14-26(5-2)36(32,33)20-11-8-18(9-12-20)23(29)25-24-27(15-16-34-6-3)21-17-19(28(30)31)10-13-22(21)35-24/h8-13,17H,4-7,14-16H2,1-3H3. The lowest BCUT2D eigenvalue weighted by molar-refractivity contribution is -0.384. The Labute approximate surface area is 214 Å². The number of thiazole rings is 1. The number of nitro groups is 1. The smallest absolute Gasteiger partial charge is 0.279 e. The largest absolute Gasteiger partial charge is 0.380 e. The first-order valence-corrected chi connectivity index (χ1v) is 14.0. The molecule has 36 heavy (non-hydrogen) atoms. The summed E-state index contributed by atoms with van der Waals surface area (Å²) in [6.07, 6.45) is 1.65. The Morgan fingerprint density at radius 1 is 1.17 bits per heavy atom. The number of carbonyl (C=O) groups is 1. The monoisotopic (exact) mass is 534 g/mol. The van der Waals surface area contributed by atoms with Crippen LogP contribution in [0.3, 0.4) is 0 Å². The van der Waals surface area contributed by atoms with Crippen molar-refractivity contribution in [1.29, 1.82) is 0 Å². The van der Waals surface area contributed by atoms with Crippen LogP contribution in [0.5, 0.6) is 0 Å². The Kier molecular flexibility index (Phi) is 9.49. The summed E-state index contributed by atoms with van der Waals surface area (Å²) in [6, 6.07) is 10.3. The summed E-state index contributed by atoms with van der Waals surface area (Å²) in [4.78, 5) is 28.5. The normalized spacial score (nSPS) is 12.5. The van der Waals surface area contributed by atoms with Crippen molar-refractivity contribution in [1.82, 2.24) is 8.87 Å². The molecule has 0 N–H and O–H groups in total. The summed E-state index contributed by atoms with van der Waals surface area (Å²) in [7, 11) is -3.65. The number of unbranched alkanes of at least 4 members (excludes halogenated alkanes) is 1. The van der Waals surface area contributed by atoms with E-state index < -0.39 is 20.9 Å². The fraction of sp³-hybridized carbons (Fsp3) is 0.417. The number of hydrogen-bond acceptors (Lipinski definition) is 7. The van der Waals surface area contributed by atoms with Crippen LogP contribution in [0.2, 0.25) is 0 Å². The molecule has 0 spiro atoms. The lowest BCUT2D eigenvalue weighted by atomic mass is 10.2. The molecule has 0 radical (unpaired) electrons. The first-order valence-electron chi connectivity index (χ1n) is 11.8. The molecule has 0 atom stereocenters. The minimum atomic E-state index is -3.65. The zero-order valence-corrected chi connectivity index (χ0v) is 22.2. The number of sulfonamides is 1. The van der Waals surface area contributed by atoms with E-state index in [1.807, 2.05) is 13.8 Å². The van der Waals surface area contributed by atoms with Crippen LogP contribution < -0.4 is 4.80 Å². The SMILES string of the molecule is CCCCN(CC)S(=O)(=O)c1ccc(C(=O)N=c2sc3ccc([N+](=O)[O-])cc3n2CCOCC)cc1. The van der Waals surface area contributed by atoms with Gasteiger partial charge in [0.15, 0.2) is 4.80 Å². The second-order valence-electron chi connectivity index (χ2n) is 7.93. The van der Waals surface area contributed by atoms with Crippen LogP contribution >= 0.6 is 11.3 Å². The van der Waals surface area contributed by atoms with Gasteiger partial charge in [0.25, 0.3) is 11.6 Å². The number of nitro benzene ring substituents is 1. The Balaban J connectivity index is 1.96. The van der Waals surface area contributed by atoms with Crippen molar-refractivity contribution in [2.45, 2.75) is 45.1 Å². The highest BCUT2D eigenvalue weighted by Gasteiger charge is 2.23. The summed E-state index contributed by atoms with van der Waals surface area (Å²) in [5.41, 5.74) is 0.777. The maximum Gasteiger partial charge on any atom is 0.279 e. The van der Waals surface area contributed by atoms with E-state index in [1.54, 1.807) is 17.6 Å². The van der Waals surface area contributed by atoms with Crippen molar-refractivity contribution in [3.8, 4) is 0 Å². The van der Waals surface area contributed by atoms with E-state index in [0.717, 1.165) is 17.5 Å². The lowest BCUT2D eigenvalue weighted by Gasteiger charge is -2.20. The molecule has 0 aliphatic rings. The molecule has 1 amide bonds. The van der Waals surface area contributed by atoms with Gasteiger partial charge in [0.1, 0.15) is 0 Å². The zero-order valence-electron chi connectivity index (χ0n) is 20.5. The molecule has 0 aliphatic carbocycles. The molecule has 1 aromatic heterocycles. The van der Waals surface area contributed by atoms with Gasteiger partial charge in [-0.1, -0.05) is 31.6 Å². The van der Waals surface area contributed by atoms with Crippen LogP contribution in [0.25, 0.3) is 10.2 Å². The van der Waals surface area contributed by atoms with Gasteiger partial charge in [-0.25, -0.2) is 8.42 Å². The summed E-state index contributed by atoms with van der Waals surface area (Å²) < 4.78 is 35.2. The first kappa shape index (κ1) is 27.7. The highest BCUT2D eigenvalue weighted by atomic mass is 32.2. The predicted octanol–water partition coefficient (Wildman–Crippen LogP) is 4.20. The number of amides is 1. The number of non-ortho nitro benzene ring substituents is 1. The average Bonchev–Trinajstić information content (AvgIpc) is 3.20. The van der Waals surface area contributed by atoms with E-state index in [9.17, 15) is 23.3 Å². The maximum atomic E-state index is 13.0. The molecule has 0 saturated carbocycles. The van der Waals surface area contributed by atoms with Crippen LogP contribution in [-0.4, -0.2) is 54.4 Å². The molecule has 10 nitrogen and oxygen atoms in total. The van der Waals surface area contributed by atoms with E-state index in [4.69, 9.17) is 4.74 Å². The van der Waals surface area contributed by atoms with E-state index in [2.05, 4.69) is 4.99 Å². The minimum Gasteiger partial charge on any atom is -0.380 e. The molecule has 3 aromatic rings. The molecule has 0 unspecified atom stereocenters. The summed E-state index contributed by atoms with van der Waals surface area (Å²) in [6.45, 7) is 7.70. The fourth-order valence-electron chi connectivity index (χ4n) is 3.63. The van der Waals surface area contributed by atoms with Gasteiger partial charge in [-0.15, -0.1) is 0 Å². The highest BCUT2D eigenvalue weighted by molar-refractivity contribution is 7.89. The molecule has 0 fully saturated rings. The Morgan fingerprint density at radius 2 is 1.89 bits per heavy atom. The van der Waals surface area contributed by atoms with Crippen LogP contribution in [0, 0.1) is 10.1 Å². The van der Waals surface area contributed by atoms with E-state index in [-0.39, 0.29) is 16.1 Å². The number of nitrogens with zero attached hydrogens (tertiary/aromatic N) is 4. The summed E-state index contributed by atoms with van der Waals surface area (Å²) in [5, 5.41) is 11.2.